The lowest BCUT2D eigenvalue weighted by molar-refractivity contribution is 0.0732. The van der Waals surface area contributed by atoms with Crippen molar-refractivity contribution in [2.24, 2.45) is 0 Å². The third-order valence-corrected chi connectivity index (χ3v) is 5.08. The van der Waals surface area contributed by atoms with Gasteiger partial charge in [0.1, 0.15) is 5.65 Å². The first kappa shape index (κ1) is 13.8. The fraction of sp³-hybridized carbons (Fsp3) is 0.250. The van der Waals surface area contributed by atoms with Gasteiger partial charge >= 0.3 is 0 Å². The van der Waals surface area contributed by atoms with E-state index in [-0.39, 0.29) is 5.91 Å². The van der Waals surface area contributed by atoms with Gasteiger partial charge in [-0.15, -0.1) is 11.3 Å². The summed E-state index contributed by atoms with van der Waals surface area (Å²) in [6.07, 6.45) is 5.97. The summed E-state index contributed by atoms with van der Waals surface area (Å²) < 4.78 is 2.68. The summed E-state index contributed by atoms with van der Waals surface area (Å²) in [5.74, 6) is 0.0604. The first-order valence-electron chi connectivity index (χ1n) is 7.19. The highest BCUT2D eigenvalue weighted by Crippen LogP contribution is 2.32. The van der Waals surface area contributed by atoms with E-state index in [0.717, 1.165) is 24.2 Å². The summed E-state index contributed by atoms with van der Waals surface area (Å²) in [6, 6.07) is 9.82. The lowest BCUT2D eigenvalue weighted by atomic mass is 10.3. The van der Waals surface area contributed by atoms with Crippen molar-refractivity contribution in [2.45, 2.75) is 25.4 Å². The van der Waals surface area contributed by atoms with Crippen LogP contribution in [0.3, 0.4) is 0 Å². The molecule has 0 radical (unpaired) electrons. The zero-order chi connectivity index (χ0) is 15.1. The number of carbonyl (C=O) groups excluding carboxylic acids is 1. The van der Waals surface area contributed by atoms with E-state index < -0.39 is 0 Å². The first-order valence-corrected chi connectivity index (χ1v) is 8.39. The number of carbonyl (C=O) groups is 1. The lowest BCUT2D eigenvalue weighted by Gasteiger charge is -2.21. The molecule has 0 unspecified atom stereocenters. The second-order valence-electron chi connectivity index (χ2n) is 5.45. The van der Waals surface area contributed by atoms with Crippen LogP contribution in [0.25, 0.3) is 5.65 Å². The van der Waals surface area contributed by atoms with Gasteiger partial charge in [0.05, 0.1) is 27.6 Å². The second-order valence-corrected chi connectivity index (χ2v) is 7.16. The number of aromatic nitrogens is 2. The van der Waals surface area contributed by atoms with Gasteiger partial charge in [0.25, 0.3) is 5.91 Å². The Hall–Kier alpha value is -1.85. The maximum absolute atomic E-state index is 12.8. The fourth-order valence-corrected chi connectivity index (χ4v) is 3.60. The number of nitrogens with zero attached hydrogens (tertiary/aromatic N) is 3. The smallest absolute Gasteiger partial charge is 0.264 e. The van der Waals surface area contributed by atoms with Crippen LogP contribution in [0.1, 0.15) is 28.2 Å². The molecule has 22 heavy (non-hydrogen) atoms. The van der Waals surface area contributed by atoms with Crippen molar-refractivity contribution in [3.05, 3.63) is 57.6 Å². The van der Waals surface area contributed by atoms with Gasteiger partial charge in [0.15, 0.2) is 0 Å². The molecule has 4 rings (SSSR count). The second kappa shape index (κ2) is 5.41. The summed E-state index contributed by atoms with van der Waals surface area (Å²) in [4.78, 5) is 19.8. The van der Waals surface area contributed by atoms with Crippen molar-refractivity contribution < 1.29 is 4.79 Å². The molecule has 0 atom stereocenters. The first-order chi connectivity index (χ1) is 10.7. The van der Waals surface area contributed by atoms with E-state index in [4.69, 9.17) is 11.6 Å². The number of hydrogen-bond donors (Lipinski definition) is 0. The van der Waals surface area contributed by atoms with Crippen LogP contribution in [0.4, 0.5) is 0 Å². The molecule has 3 aromatic rings. The van der Waals surface area contributed by atoms with Crippen LogP contribution in [0.15, 0.2) is 42.7 Å². The Morgan fingerprint density at radius 2 is 2.23 bits per heavy atom. The monoisotopic (exact) mass is 331 g/mol. The number of thiophene rings is 1. The molecule has 1 aliphatic rings. The van der Waals surface area contributed by atoms with E-state index in [0.29, 0.717) is 21.8 Å². The van der Waals surface area contributed by atoms with Crippen LogP contribution in [-0.2, 0) is 6.54 Å². The highest BCUT2D eigenvalue weighted by molar-refractivity contribution is 7.17. The van der Waals surface area contributed by atoms with E-state index in [1.165, 1.54) is 11.3 Å². The van der Waals surface area contributed by atoms with Gasteiger partial charge in [0.2, 0.25) is 0 Å². The average Bonchev–Trinajstić information content (AvgIpc) is 3.15. The summed E-state index contributed by atoms with van der Waals surface area (Å²) in [5, 5.41) is 0. The predicted molar refractivity (Wildman–Crippen MR) is 87.4 cm³/mol. The lowest BCUT2D eigenvalue weighted by Crippen LogP contribution is -2.32. The number of pyridine rings is 1. The molecular weight excluding hydrogens is 318 g/mol. The number of imidazole rings is 1. The van der Waals surface area contributed by atoms with E-state index >= 15 is 0 Å². The number of amides is 1. The van der Waals surface area contributed by atoms with Crippen LogP contribution in [-0.4, -0.2) is 26.2 Å². The molecule has 1 fully saturated rings. The third kappa shape index (κ3) is 2.51. The topological polar surface area (TPSA) is 37.6 Å². The highest BCUT2D eigenvalue weighted by Gasteiger charge is 2.34. The molecule has 6 heteroatoms. The molecule has 0 N–H and O–H groups in total. The Morgan fingerprint density at radius 3 is 2.95 bits per heavy atom. The van der Waals surface area contributed by atoms with Crippen molar-refractivity contribution in [1.82, 2.24) is 14.3 Å². The van der Waals surface area contributed by atoms with Crippen molar-refractivity contribution in [3.8, 4) is 0 Å². The van der Waals surface area contributed by atoms with Gasteiger partial charge in [-0.05, 0) is 37.1 Å². The number of halogens is 1. The number of rotatable bonds is 4. The summed E-state index contributed by atoms with van der Waals surface area (Å²) in [6.45, 7) is 0.574. The molecule has 4 nitrogen and oxygen atoms in total. The van der Waals surface area contributed by atoms with Gasteiger partial charge in [0, 0.05) is 12.2 Å². The minimum atomic E-state index is 0.0604. The quantitative estimate of drug-likeness (QED) is 0.728. The van der Waals surface area contributed by atoms with Crippen LogP contribution in [0.5, 0.6) is 0 Å². The summed E-state index contributed by atoms with van der Waals surface area (Å²) >= 11 is 7.30. The Balaban J connectivity index is 1.64. The molecule has 112 valence electrons. The minimum Gasteiger partial charge on any atom is -0.329 e. The Kier molecular flexibility index (Phi) is 3.39. The molecule has 0 aromatic carbocycles. The normalized spacial score (nSPS) is 14.4. The Labute approximate surface area is 137 Å². The summed E-state index contributed by atoms with van der Waals surface area (Å²) in [7, 11) is 0. The Morgan fingerprint density at radius 1 is 1.36 bits per heavy atom. The number of hydrogen-bond acceptors (Lipinski definition) is 3. The predicted octanol–water partition coefficient (Wildman–Crippen LogP) is 3.85. The van der Waals surface area contributed by atoms with E-state index in [1.807, 2.05) is 39.9 Å². The molecule has 1 aliphatic carbocycles. The molecule has 0 bridgehead atoms. The third-order valence-electron chi connectivity index (χ3n) is 3.86. The van der Waals surface area contributed by atoms with Crippen LogP contribution < -0.4 is 0 Å². The molecule has 0 aliphatic heterocycles. The van der Waals surface area contributed by atoms with Crippen molar-refractivity contribution >= 4 is 34.5 Å². The van der Waals surface area contributed by atoms with Crippen LogP contribution >= 0.6 is 22.9 Å². The van der Waals surface area contributed by atoms with Crippen LogP contribution in [0.2, 0.25) is 4.34 Å². The van der Waals surface area contributed by atoms with Gasteiger partial charge in [-0.3, -0.25) is 4.79 Å². The van der Waals surface area contributed by atoms with Crippen molar-refractivity contribution in [1.29, 1.82) is 0 Å². The zero-order valence-electron chi connectivity index (χ0n) is 11.8. The van der Waals surface area contributed by atoms with E-state index in [2.05, 4.69) is 4.98 Å². The minimum absolute atomic E-state index is 0.0604. The van der Waals surface area contributed by atoms with Crippen LogP contribution in [0, 0.1) is 0 Å². The molecule has 0 spiro atoms. The number of fused-ring (bicyclic) bond motifs is 1. The molecule has 3 aromatic heterocycles. The SMILES string of the molecule is O=C(c1ccc(Cl)s1)N(Cc1cnc2ccccn12)C1CC1. The van der Waals surface area contributed by atoms with Crippen molar-refractivity contribution in [2.75, 3.05) is 0 Å². The standard InChI is InChI=1S/C16H14ClN3OS/c17-14-7-6-13(22-14)16(21)20(11-4-5-11)10-12-9-18-15-3-1-2-8-19(12)15/h1-3,6-9,11H,4-5,10H2. The van der Waals surface area contributed by atoms with Gasteiger partial charge < -0.3 is 9.30 Å². The molecule has 3 heterocycles. The highest BCUT2D eigenvalue weighted by atomic mass is 35.5. The fourth-order valence-electron chi connectivity index (χ4n) is 2.60. The van der Waals surface area contributed by atoms with E-state index in [1.54, 1.807) is 12.1 Å². The zero-order valence-corrected chi connectivity index (χ0v) is 13.3. The summed E-state index contributed by atoms with van der Waals surface area (Å²) in [5.41, 5.74) is 1.93. The van der Waals surface area contributed by atoms with Gasteiger partial charge in [-0.1, -0.05) is 17.7 Å². The Bertz CT molecular complexity index is 837. The average molecular weight is 332 g/mol. The maximum atomic E-state index is 12.8. The van der Waals surface area contributed by atoms with Gasteiger partial charge in [-0.2, -0.15) is 0 Å². The van der Waals surface area contributed by atoms with E-state index in [9.17, 15) is 4.79 Å². The van der Waals surface area contributed by atoms with Gasteiger partial charge in [-0.25, -0.2) is 4.98 Å². The van der Waals surface area contributed by atoms with Crippen molar-refractivity contribution in [3.63, 3.8) is 0 Å². The largest absolute Gasteiger partial charge is 0.329 e. The molecule has 1 saturated carbocycles. The molecule has 1 amide bonds. The maximum Gasteiger partial charge on any atom is 0.264 e. The molecule has 0 saturated heterocycles. The molecular formula is C16H14ClN3OS.